The summed E-state index contributed by atoms with van der Waals surface area (Å²) in [5.41, 5.74) is 2.12. The zero-order chi connectivity index (χ0) is 19.0. The van der Waals surface area contributed by atoms with E-state index in [0.717, 1.165) is 0 Å². The van der Waals surface area contributed by atoms with Gasteiger partial charge in [0.1, 0.15) is 11.6 Å². The zero-order valence-corrected chi connectivity index (χ0v) is 15.3. The van der Waals surface area contributed by atoms with Gasteiger partial charge >= 0.3 is 0 Å². The summed E-state index contributed by atoms with van der Waals surface area (Å²) < 4.78 is 30.2. The SMILES string of the molecule is Fc1ccccc1-c1cc(-c2ccccc2F)n(-c2ccc(Cl)c(Cl)c2)n1. The Bertz CT molecular complexity index is 1140. The molecule has 1 aromatic heterocycles. The van der Waals surface area contributed by atoms with Gasteiger partial charge in [-0.2, -0.15) is 5.10 Å². The first kappa shape index (κ1) is 17.7. The third kappa shape index (κ3) is 3.34. The number of halogens is 4. The largest absolute Gasteiger partial charge is 0.232 e. The minimum Gasteiger partial charge on any atom is -0.232 e. The summed E-state index contributed by atoms with van der Waals surface area (Å²) in [7, 11) is 0. The molecule has 0 N–H and O–H groups in total. The number of nitrogens with zero attached hydrogens (tertiary/aromatic N) is 2. The van der Waals surface area contributed by atoms with E-state index in [1.54, 1.807) is 60.7 Å². The standard InChI is InChI=1S/C21H12Cl2F2N2/c22-16-10-9-13(11-17(16)23)27-21(15-6-2-4-8-19(15)25)12-20(26-27)14-5-1-3-7-18(14)24/h1-12H. The van der Waals surface area contributed by atoms with E-state index < -0.39 is 11.6 Å². The second kappa shape index (κ2) is 7.14. The van der Waals surface area contributed by atoms with Crippen molar-refractivity contribution in [3.63, 3.8) is 0 Å². The molecule has 27 heavy (non-hydrogen) atoms. The van der Waals surface area contributed by atoms with E-state index in [0.29, 0.717) is 38.2 Å². The second-order valence-electron chi connectivity index (χ2n) is 5.88. The first-order valence-electron chi connectivity index (χ1n) is 8.10. The van der Waals surface area contributed by atoms with Crippen LogP contribution in [0.25, 0.3) is 28.2 Å². The minimum absolute atomic E-state index is 0.328. The highest BCUT2D eigenvalue weighted by molar-refractivity contribution is 6.42. The Labute approximate surface area is 164 Å². The van der Waals surface area contributed by atoms with Crippen LogP contribution in [-0.2, 0) is 0 Å². The normalized spacial score (nSPS) is 11.0. The summed E-state index contributed by atoms with van der Waals surface area (Å²) in [5.74, 6) is -0.810. The Morgan fingerprint density at radius 2 is 1.33 bits per heavy atom. The molecule has 0 bridgehead atoms. The van der Waals surface area contributed by atoms with Crippen molar-refractivity contribution < 1.29 is 8.78 Å². The third-order valence-corrected chi connectivity index (χ3v) is 4.90. The molecule has 6 heteroatoms. The van der Waals surface area contributed by atoms with Crippen molar-refractivity contribution in [3.05, 3.63) is 94.5 Å². The summed E-state index contributed by atoms with van der Waals surface area (Å²) in [4.78, 5) is 0. The van der Waals surface area contributed by atoms with E-state index in [1.165, 1.54) is 16.8 Å². The molecule has 4 rings (SSSR count). The molecule has 0 unspecified atom stereocenters. The van der Waals surface area contributed by atoms with Crippen LogP contribution < -0.4 is 0 Å². The van der Waals surface area contributed by atoms with Gasteiger partial charge in [0.05, 0.1) is 27.1 Å². The molecule has 3 aromatic carbocycles. The van der Waals surface area contributed by atoms with Crippen molar-refractivity contribution >= 4 is 23.2 Å². The zero-order valence-electron chi connectivity index (χ0n) is 13.8. The van der Waals surface area contributed by atoms with Gasteiger partial charge in [-0.05, 0) is 48.5 Å². The molecule has 1 heterocycles. The molecule has 0 radical (unpaired) electrons. The summed E-state index contributed by atoms with van der Waals surface area (Å²) >= 11 is 12.1. The van der Waals surface area contributed by atoms with Crippen LogP contribution in [-0.4, -0.2) is 9.78 Å². The van der Waals surface area contributed by atoms with E-state index in [2.05, 4.69) is 5.10 Å². The first-order chi connectivity index (χ1) is 13.0. The van der Waals surface area contributed by atoms with E-state index in [4.69, 9.17) is 23.2 Å². The quantitative estimate of drug-likeness (QED) is 0.370. The van der Waals surface area contributed by atoms with E-state index in [1.807, 2.05) is 0 Å². The number of aromatic nitrogens is 2. The summed E-state index contributed by atoms with van der Waals surface area (Å²) in [6.45, 7) is 0. The molecule has 0 amide bonds. The lowest BCUT2D eigenvalue weighted by molar-refractivity contribution is 0.629. The highest BCUT2D eigenvalue weighted by atomic mass is 35.5. The molecule has 134 valence electrons. The van der Waals surface area contributed by atoms with Crippen LogP contribution in [0, 0.1) is 11.6 Å². The van der Waals surface area contributed by atoms with Crippen molar-refractivity contribution in [1.82, 2.24) is 9.78 Å². The summed E-state index contributed by atoms with van der Waals surface area (Å²) in [6.07, 6.45) is 0. The topological polar surface area (TPSA) is 17.8 Å². The third-order valence-electron chi connectivity index (χ3n) is 4.16. The van der Waals surface area contributed by atoms with E-state index >= 15 is 0 Å². The highest BCUT2D eigenvalue weighted by Crippen LogP contribution is 2.33. The summed E-state index contributed by atoms with van der Waals surface area (Å²) in [6, 6.07) is 19.3. The lowest BCUT2D eigenvalue weighted by Gasteiger charge is -2.09. The van der Waals surface area contributed by atoms with Gasteiger partial charge in [0.25, 0.3) is 0 Å². The monoisotopic (exact) mass is 400 g/mol. The fraction of sp³-hybridized carbons (Fsp3) is 0. The molecule has 2 nitrogen and oxygen atoms in total. The van der Waals surface area contributed by atoms with Gasteiger partial charge in [-0.15, -0.1) is 0 Å². The molecule has 4 aromatic rings. The molecule has 0 spiro atoms. The molecule has 0 aliphatic heterocycles. The van der Waals surface area contributed by atoms with Crippen LogP contribution >= 0.6 is 23.2 Å². The lowest BCUT2D eigenvalue weighted by atomic mass is 10.1. The number of benzene rings is 3. The maximum absolute atomic E-state index is 14.4. The summed E-state index contributed by atoms with van der Waals surface area (Å²) in [5, 5.41) is 5.25. The van der Waals surface area contributed by atoms with Crippen molar-refractivity contribution in [2.45, 2.75) is 0 Å². The highest BCUT2D eigenvalue weighted by Gasteiger charge is 2.18. The Morgan fingerprint density at radius 3 is 1.96 bits per heavy atom. The van der Waals surface area contributed by atoms with Gasteiger partial charge in [-0.1, -0.05) is 47.5 Å². The van der Waals surface area contributed by atoms with Gasteiger partial charge in [0, 0.05) is 11.1 Å². The molecule has 0 saturated heterocycles. The van der Waals surface area contributed by atoms with Crippen molar-refractivity contribution in [2.75, 3.05) is 0 Å². The fourth-order valence-corrected chi connectivity index (χ4v) is 3.15. The van der Waals surface area contributed by atoms with E-state index in [-0.39, 0.29) is 0 Å². The van der Waals surface area contributed by atoms with Crippen molar-refractivity contribution in [1.29, 1.82) is 0 Å². The van der Waals surface area contributed by atoms with Crippen molar-refractivity contribution in [3.8, 4) is 28.2 Å². The van der Waals surface area contributed by atoms with Crippen LogP contribution in [0.4, 0.5) is 8.78 Å². The first-order valence-corrected chi connectivity index (χ1v) is 8.85. The Kier molecular flexibility index (Phi) is 4.68. The Hall–Kier alpha value is -2.69. The second-order valence-corrected chi connectivity index (χ2v) is 6.70. The van der Waals surface area contributed by atoms with Gasteiger partial charge in [-0.3, -0.25) is 0 Å². The molecular weight excluding hydrogens is 389 g/mol. The number of hydrogen-bond donors (Lipinski definition) is 0. The molecule has 0 atom stereocenters. The van der Waals surface area contributed by atoms with Gasteiger partial charge in [0.2, 0.25) is 0 Å². The predicted molar refractivity (Wildman–Crippen MR) is 104 cm³/mol. The maximum atomic E-state index is 14.4. The van der Waals surface area contributed by atoms with Crippen LogP contribution in [0.3, 0.4) is 0 Å². The van der Waals surface area contributed by atoms with E-state index in [9.17, 15) is 8.78 Å². The van der Waals surface area contributed by atoms with Crippen LogP contribution in [0.1, 0.15) is 0 Å². The molecule has 0 fully saturated rings. The van der Waals surface area contributed by atoms with Gasteiger partial charge in [0.15, 0.2) is 0 Å². The minimum atomic E-state index is -0.406. The number of hydrogen-bond acceptors (Lipinski definition) is 1. The lowest BCUT2D eigenvalue weighted by Crippen LogP contribution is -2.00. The average molecular weight is 401 g/mol. The van der Waals surface area contributed by atoms with Crippen molar-refractivity contribution in [2.24, 2.45) is 0 Å². The number of rotatable bonds is 3. The fourth-order valence-electron chi connectivity index (χ4n) is 2.86. The van der Waals surface area contributed by atoms with Crippen LogP contribution in [0.15, 0.2) is 72.8 Å². The molecule has 0 aliphatic rings. The molecular formula is C21H12Cl2F2N2. The van der Waals surface area contributed by atoms with Crippen LogP contribution in [0.2, 0.25) is 10.0 Å². The Morgan fingerprint density at radius 1 is 0.704 bits per heavy atom. The Balaban J connectivity index is 1.97. The van der Waals surface area contributed by atoms with Gasteiger partial charge < -0.3 is 0 Å². The smallest absolute Gasteiger partial charge is 0.132 e. The molecule has 0 aliphatic carbocycles. The molecule has 0 saturated carbocycles. The average Bonchev–Trinajstić information content (AvgIpc) is 3.09. The van der Waals surface area contributed by atoms with Gasteiger partial charge in [-0.25, -0.2) is 13.5 Å². The maximum Gasteiger partial charge on any atom is 0.132 e. The van der Waals surface area contributed by atoms with Crippen LogP contribution in [0.5, 0.6) is 0 Å². The predicted octanol–water partition coefficient (Wildman–Crippen LogP) is 6.79.